The number of carbonyl (C=O) groups excluding carboxylic acids is 1. The molecule has 0 aliphatic heterocycles. The molecule has 4 aliphatic rings. The number of hydrogen-bond acceptors (Lipinski definition) is 2. The number of fused-ring (bicyclic) bond motifs is 1. The van der Waals surface area contributed by atoms with E-state index in [4.69, 9.17) is 0 Å². The van der Waals surface area contributed by atoms with Crippen molar-refractivity contribution in [1.29, 1.82) is 0 Å². The number of para-hydroxylation sites is 2. The largest absolute Gasteiger partial charge is 0.324 e. The van der Waals surface area contributed by atoms with Gasteiger partial charge in [-0.1, -0.05) is 12.1 Å². The molecule has 23 heavy (non-hydrogen) atoms. The molecule has 4 saturated carbocycles. The lowest BCUT2D eigenvalue weighted by molar-refractivity contribution is -0.124. The number of anilines is 1. The molecule has 120 valence electrons. The summed E-state index contributed by atoms with van der Waals surface area (Å²) in [6.07, 6.45) is 8.75. The van der Waals surface area contributed by atoms with Crippen molar-refractivity contribution in [3.8, 4) is 0 Å². The highest BCUT2D eigenvalue weighted by Crippen LogP contribution is 2.61. The number of benzene rings is 1. The van der Waals surface area contributed by atoms with Gasteiger partial charge in [-0.05, 0) is 73.8 Å². The molecule has 4 bridgehead atoms. The Morgan fingerprint density at radius 3 is 2.43 bits per heavy atom. The number of aromatic amines is 1. The van der Waals surface area contributed by atoms with Crippen LogP contribution in [0.25, 0.3) is 11.0 Å². The molecule has 1 amide bonds. The molecule has 1 aromatic heterocycles. The van der Waals surface area contributed by atoms with Gasteiger partial charge in [-0.25, -0.2) is 4.98 Å². The van der Waals surface area contributed by atoms with Gasteiger partial charge in [-0.3, -0.25) is 10.1 Å². The van der Waals surface area contributed by atoms with Crippen molar-refractivity contribution in [3.05, 3.63) is 24.3 Å². The third kappa shape index (κ3) is 2.35. The molecule has 4 heteroatoms. The predicted octanol–water partition coefficient (Wildman–Crippen LogP) is 4.11. The van der Waals surface area contributed by atoms with Gasteiger partial charge in [0.05, 0.1) is 11.0 Å². The molecule has 1 aromatic carbocycles. The molecule has 0 atom stereocenters. The topological polar surface area (TPSA) is 57.8 Å². The van der Waals surface area contributed by atoms with Gasteiger partial charge >= 0.3 is 0 Å². The average Bonchev–Trinajstić information content (AvgIpc) is 2.86. The molecule has 1 heterocycles. The van der Waals surface area contributed by atoms with E-state index in [1.807, 2.05) is 24.3 Å². The summed E-state index contributed by atoms with van der Waals surface area (Å²) in [6, 6.07) is 7.88. The van der Waals surface area contributed by atoms with E-state index in [0.717, 1.165) is 28.8 Å². The quantitative estimate of drug-likeness (QED) is 0.896. The number of imidazole rings is 1. The van der Waals surface area contributed by atoms with Gasteiger partial charge in [0.2, 0.25) is 11.9 Å². The van der Waals surface area contributed by atoms with E-state index < -0.39 is 0 Å². The van der Waals surface area contributed by atoms with Crippen LogP contribution in [0.2, 0.25) is 0 Å². The van der Waals surface area contributed by atoms with Gasteiger partial charge < -0.3 is 4.98 Å². The van der Waals surface area contributed by atoms with Crippen LogP contribution in [0.5, 0.6) is 0 Å². The number of nitrogens with one attached hydrogen (secondary N) is 2. The summed E-state index contributed by atoms with van der Waals surface area (Å²) in [7, 11) is 0. The monoisotopic (exact) mass is 309 g/mol. The van der Waals surface area contributed by atoms with Crippen molar-refractivity contribution in [3.63, 3.8) is 0 Å². The van der Waals surface area contributed by atoms with Gasteiger partial charge in [-0.15, -0.1) is 0 Å². The maximum atomic E-state index is 12.6. The molecule has 0 saturated heterocycles. The Bertz CT molecular complexity index is 695. The van der Waals surface area contributed by atoms with E-state index in [1.165, 1.54) is 38.5 Å². The van der Waals surface area contributed by atoms with Crippen molar-refractivity contribution in [1.82, 2.24) is 9.97 Å². The molecule has 4 fully saturated rings. The maximum absolute atomic E-state index is 12.6. The van der Waals surface area contributed by atoms with Crippen molar-refractivity contribution >= 4 is 22.9 Å². The highest BCUT2D eigenvalue weighted by Gasteiger charge is 2.51. The second kappa shape index (κ2) is 4.83. The van der Waals surface area contributed by atoms with Crippen LogP contribution in [0, 0.1) is 23.2 Å². The van der Waals surface area contributed by atoms with Crippen LogP contribution in [0.15, 0.2) is 24.3 Å². The van der Waals surface area contributed by atoms with E-state index in [2.05, 4.69) is 15.3 Å². The lowest BCUT2D eigenvalue weighted by Gasteiger charge is -2.56. The number of H-pyrrole nitrogens is 1. The first kappa shape index (κ1) is 13.6. The van der Waals surface area contributed by atoms with Crippen molar-refractivity contribution in [2.45, 2.75) is 44.9 Å². The summed E-state index contributed by atoms with van der Waals surface area (Å²) in [4.78, 5) is 20.3. The number of amides is 1. The Kier molecular flexibility index (Phi) is 2.85. The van der Waals surface area contributed by atoms with E-state index in [9.17, 15) is 4.79 Å². The minimum absolute atomic E-state index is 0.131. The number of rotatable bonds is 3. The standard InChI is InChI=1S/C19H23N3O/c23-17(22-18-20-15-3-1-2-4-16(15)21-18)11-19-8-12-5-13(9-19)7-14(6-12)10-19/h1-4,12-14H,5-11H2,(H2,20,21,22,23). The number of carbonyl (C=O) groups is 1. The second-order valence-electron chi connectivity index (χ2n) is 8.25. The van der Waals surface area contributed by atoms with Crippen LogP contribution in [-0.2, 0) is 4.79 Å². The fourth-order valence-electron chi connectivity index (χ4n) is 6.04. The fourth-order valence-corrected chi connectivity index (χ4v) is 6.04. The molecule has 0 radical (unpaired) electrons. The molecule has 0 unspecified atom stereocenters. The molecule has 4 nitrogen and oxygen atoms in total. The number of hydrogen-bond donors (Lipinski definition) is 2. The van der Waals surface area contributed by atoms with Gasteiger partial charge in [0.15, 0.2) is 0 Å². The Morgan fingerprint density at radius 1 is 1.13 bits per heavy atom. The summed E-state index contributed by atoms with van der Waals surface area (Å²) in [6.45, 7) is 0. The zero-order valence-electron chi connectivity index (χ0n) is 13.3. The Balaban J connectivity index is 1.31. The predicted molar refractivity (Wildman–Crippen MR) is 89.9 cm³/mol. The summed E-state index contributed by atoms with van der Waals surface area (Å²) in [5, 5.41) is 3.00. The number of aromatic nitrogens is 2. The summed E-state index contributed by atoms with van der Waals surface area (Å²) in [5.74, 6) is 3.38. The van der Waals surface area contributed by atoms with Crippen molar-refractivity contribution in [2.24, 2.45) is 23.2 Å². The summed E-state index contributed by atoms with van der Waals surface area (Å²) in [5.41, 5.74) is 2.15. The molecule has 2 aromatic rings. The van der Waals surface area contributed by atoms with Crippen LogP contribution in [-0.4, -0.2) is 15.9 Å². The van der Waals surface area contributed by atoms with Crippen LogP contribution in [0.1, 0.15) is 44.9 Å². The zero-order valence-corrected chi connectivity index (χ0v) is 13.3. The van der Waals surface area contributed by atoms with Crippen molar-refractivity contribution in [2.75, 3.05) is 5.32 Å². The lowest BCUT2D eigenvalue weighted by atomic mass is 9.49. The first-order valence-electron chi connectivity index (χ1n) is 8.92. The summed E-state index contributed by atoms with van der Waals surface area (Å²) >= 11 is 0. The highest BCUT2D eigenvalue weighted by atomic mass is 16.1. The van der Waals surface area contributed by atoms with Gasteiger partial charge in [0.25, 0.3) is 0 Å². The maximum Gasteiger partial charge on any atom is 0.227 e. The van der Waals surface area contributed by atoms with E-state index in [-0.39, 0.29) is 11.3 Å². The second-order valence-corrected chi connectivity index (χ2v) is 8.25. The minimum Gasteiger partial charge on any atom is -0.324 e. The van der Waals surface area contributed by atoms with Gasteiger partial charge in [-0.2, -0.15) is 0 Å². The molecule has 6 rings (SSSR count). The Labute approximate surface area is 136 Å². The first-order chi connectivity index (χ1) is 11.2. The third-order valence-corrected chi connectivity index (χ3v) is 6.35. The van der Waals surface area contributed by atoms with E-state index in [0.29, 0.717) is 12.4 Å². The lowest BCUT2D eigenvalue weighted by Crippen LogP contribution is -2.47. The molecular weight excluding hydrogens is 286 g/mol. The van der Waals surface area contributed by atoms with Gasteiger partial charge in [0, 0.05) is 6.42 Å². The van der Waals surface area contributed by atoms with E-state index in [1.54, 1.807) is 0 Å². The van der Waals surface area contributed by atoms with Gasteiger partial charge in [0.1, 0.15) is 0 Å². The SMILES string of the molecule is O=C(CC12CC3CC(CC(C3)C1)C2)Nc1nc2ccccc2[nH]1. The Hall–Kier alpha value is -1.84. The fraction of sp³-hybridized carbons (Fsp3) is 0.579. The Morgan fingerprint density at radius 2 is 1.78 bits per heavy atom. The number of nitrogens with zero attached hydrogens (tertiary/aromatic N) is 1. The van der Waals surface area contributed by atoms with Crippen LogP contribution in [0.4, 0.5) is 5.95 Å². The molecule has 2 N–H and O–H groups in total. The third-order valence-electron chi connectivity index (χ3n) is 6.35. The first-order valence-corrected chi connectivity index (χ1v) is 8.92. The highest BCUT2D eigenvalue weighted by molar-refractivity contribution is 5.91. The smallest absolute Gasteiger partial charge is 0.227 e. The molecular formula is C19H23N3O. The van der Waals surface area contributed by atoms with Crippen LogP contribution >= 0.6 is 0 Å². The molecule has 4 aliphatic carbocycles. The normalized spacial score (nSPS) is 34.9. The zero-order chi connectivity index (χ0) is 15.4. The van der Waals surface area contributed by atoms with Crippen LogP contribution in [0.3, 0.4) is 0 Å². The van der Waals surface area contributed by atoms with Crippen molar-refractivity contribution < 1.29 is 4.79 Å². The minimum atomic E-state index is 0.131. The molecule has 0 spiro atoms. The van der Waals surface area contributed by atoms with Crippen LogP contribution < -0.4 is 5.32 Å². The van der Waals surface area contributed by atoms with E-state index >= 15 is 0 Å². The average molecular weight is 309 g/mol. The summed E-state index contributed by atoms with van der Waals surface area (Å²) < 4.78 is 0.